The number of carbonyl (C=O) groups excluding carboxylic acids is 2. The monoisotopic (exact) mass is 369 g/mol. The molecular weight excluding hydrogens is 346 g/mol. The molecule has 1 aliphatic carbocycles. The molecule has 0 bridgehead atoms. The number of benzene rings is 1. The Morgan fingerprint density at radius 2 is 1.78 bits per heavy atom. The highest BCUT2D eigenvalue weighted by molar-refractivity contribution is 6.03. The Hall–Kier alpha value is -2.71. The van der Waals surface area contributed by atoms with E-state index >= 15 is 0 Å². The third-order valence-corrected chi connectivity index (χ3v) is 4.74. The maximum absolute atomic E-state index is 12.3. The summed E-state index contributed by atoms with van der Waals surface area (Å²) in [6.07, 6.45) is 2.31. The van der Waals surface area contributed by atoms with Crippen molar-refractivity contribution < 1.29 is 14.3 Å². The van der Waals surface area contributed by atoms with Crippen LogP contribution in [0.2, 0.25) is 0 Å². The molecule has 0 spiro atoms. The number of carbonyl (C=O) groups is 2. The zero-order valence-electron chi connectivity index (χ0n) is 15.0. The zero-order chi connectivity index (χ0) is 18.6. The molecule has 2 aromatic rings. The largest absolute Gasteiger partial charge is 0.379 e. The Labute approximate surface area is 157 Å². The molecule has 1 saturated carbocycles. The molecule has 1 saturated heterocycles. The highest BCUT2D eigenvalue weighted by Gasteiger charge is 2.26. The number of H-pyrrole nitrogens is 1. The van der Waals surface area contributed by atoms with Gasteiger partial charge in [-0.15, -0.1) is 0 Å². The van der Waals surface area contributed by atoms with E-state index in [1.54, 1.807) is 24.3 Å². The van der Waals surface area contributed by atoms with E-state index in [0.717, 1.165) is 31.6 Å². The summed E-state index contributed by atoms with van der Waals surface area (Å²) < 4.78 is 5.28. The van der Waals surface area contributed by atoms with Crippen molar-refractivity contribution in [3.8, 4) is 0 Å². The number of hydrogen-bond acceptors (Lipinski definition) is 5. The summed E-state index contributed by atoms with van der Waals surface area (Å²) in [4.78, 5) is 26.5. The summed E-state index contributed by atoms with van der Waals surface area (Å²) in [6.45, 7) is 3.23. The van der Waals surface area contributed by atoms with Crippen LogP contribution >= 0.6 is 0 Å². The highest BCUT2D eigenvalue weighted by Crippen LogP contribution is 2.39. The fourth-order valence-corrected chi connectivity index (χ4v) is 3.05. The molecule has 2 fully saturated rings. The number of rotatable bonds is 6. The van der Waals surface area contributed by atoms with Gasteiger partial charge in [-0.3, -0.25) is 19.6 Å². The molecule has 8 heteroatoms. The van der Waals surface area contributed by atoms with Crippen molar-refractivity contribution in [3.05, 3.63) is 41.7 Å². The van der Waals surface area contributed by atoms with Crippen molar-refractivity contribution in [1.29, 1.82) is 0 Å². The summed E-state index contributed by atoms with van der Waals surface area (Å²) in [5.74, 6) is 0.222. The first-order valence-electron chi connectivity index (χ1n) is 9.24. The van der Waals surface area contributed by atoms with Gasteiger partial charge in [-0.1, -0.05) is 0 Å². The number of amides is 2. The van der Waals surface area contributed by atoms with Crippen LogP contribution in [0.4, 0.5) is 11.4 Å². The van der Waals surface area contributed by atoms with Crippen molar-refractivity contribution in [2.45, 2.75) is 18.8 Å². The highest BCUT2D eigenvalue weighted by atomic mass is 16.5. The van der Waals surface area contributed by atoms with Crippen molar-refractivity contribution in [1.82, 2.24) is 15.1 Å². The van der Waals surface area contributed by atoms with E-state index in [1.165, 1.54) is 0 Å². The Morgan fingerprint density at radius 3 is 2.44 bits per heavy atom. The third-order valence-electron chi connectivity index (χ3n) is 4.74. The second kappa shape index (κ2) is 7.89. The first-order valence-corrected chi connectivity index (χ1v) is 9.24. The van der Waals surface area contributed by atoms with E-state index in [4.69, 9.17) is 4.74 Å². The van der Waals surface area contributed by atoms with E-state index in [1.807, 2.05) is 6.07 Å². The average Bonchev–Trinajstić information content (AvgIpc) is 3.40. The Morgan fingerprint density at radius 1 is 1.11 bits per heavy atom. The van der Waals surface area contributed by atoms with Gasteiger partial charge in [-0.05, 0) is 43.2 Å². The Balaban J connectivity index is 1.28. The van der Waals surface area contributed by atoms with Gasteiger partial charge in [0.15, 0.2) is 5.69 Å². The molecule has 0 radical (unpaired) electrons. The van der Waals surface area contributed by atoms with E-state index in [9.17, 15) is 9.59 Å². The summed E-state index contributed by atoms with van der Waals surface area (Å²) in [6, 6.07) is 8.88. The Bertz CT molecular complexity index is 807. The van der Waals surface area contributed by atoms with Gasteiger partial charge in [-0.2, -0.15) is 5.10 Å². The van der Waals surface area contributed by atoms with Crippen molar-refractivity contribution >= 4 is 23.2 Å². The lowest BCUT2D eigenvalue weighted by atomic mass is 10.2. The molecule has 4 rings (SSSR count). The van der Waals surface area contributed by atoms with Gasteiger partial charge < -0.3 is 15.4 Å². The van der Waals surface area contributed by atoms with Crippen LogP contribution in [0, 0.1) is 0 Å². The van der Waals surface area contributed by atoms with E-state index in [-0.39, 0.29) is 11.8 Å². The minimum atomic E-state index is -0.248. The van der Waals surface area contributed by atoms with Crippen LogP contribution in [-0.4, -0.2) is 59.8 Å². The number of morpholine rings is 1. The quantitative estimate of drug-likeness (QED) is 0.721. The first-order chi connectivity index (χ1) is 13.2. The number of nitrogens with zero attached hydrogens (tertiary/aromatic N) is 2. The molecule has 2 aliphatic rings. The van der Waals surface area contributed by atoms with Gasteiger partial charge in [0.05, 0.1) is 19.8 Å². The number of ether oxygens (including phenoxy) is 1. The van der Waals surface area contributed by atoms with Crippen molar-refractivity contribution in [2.24, 2.45) is 0 Å². The summed E-state index contributed by atoms with van der Waals surface area (Å²) in [5.41, 5.74) is 2.77. The number of anilines is 2. The molecule has 142 valence electrons. The first kappa shape index (κ1) is 17.7. The fourth-order valence-electron chi connectivity index (χ4n) is 3.05. The van der Waals surface area contributed by atoms with Crippen LogP contribution in [0.5, 0.6) is 0 Å². The van der Waals surface area contributed by atoms with Gasteiger partial charge >= 0.3 is 0 Å². The van der Waals surface area contributed by atoms with Gasteiger partial charge in [0.25, 0.3) is 5.91 Å². The maximum atomic E-state index is 12.3. The topological polar surface area (TPSA) is 99.4 Å². The normalized spacial score (nSPS) is 17.5. The van der Waals surface area contributed by atoms with Crippen LogP contribution in [0.1, 0.15) is 34.9 Å². The molecule has 2 heterocycles. The average molecular weight is 369 g/mol. The molecule has 1 aromatic carbocycles. The number of aromatic nitrogens is 2. The number of aromatic amines is 1. The van der Waals surface area contributed by atoms with Crippen LogP contribution in [-0.2, 0) is 9.53 Å². The van der Waals surface area contributed by atoms with Crippen LogP contribution in [0.15, 0.2) is 30.3 Å². The Kier molecular flexibility index (Phi) is 5.17. The van der Waals surface area contributed by atoms with Crippen LogP contribution in [0.3, 0.4) is 0 Å². The van der Waals surface area contributed by atoms with Gasteiger partial charge in [-0.25, -0.2) is 0 Å². The molecule has 2 amide bonds. The lowest BCUT2D eigenvalue weighted by molar-refractivity contribution is -0.118. The van der Waals surface area contributed by atoms with Gasteiger partial charge in [0.1, 0.15) is 0 Å². The standard InChI is InChI=1S/C19H23N5O3/c25-18(12-24-7-9-27-10-8-24)20-14-3-5-15(6-4-14)21-19(26)17-11-16(22-23-17)13-1-2-13/h3-6,11,13H,1-2,7-10,12H2,(H,20,25)(H,21,26)(H,22,23). The summed E-state index contributed by atoms with van der Waals surface area (Å²) in [7, 11) is 0. The van der Waals surface area contributed by atoms with E-state index in [2.05, 4.69) is 25.7 Å². The number of hydrogen-bond donors (Lipinski definition) is 3. The molecular formula is C19H23N5O3. The zero-order valence-corrected chi connectivity index (χ0v) is 15.0. The molecule has 1 aromatic heterocycles. The molecule has 3 N–H and O–H groups in total. The smallest absolute Gasteiger partial charge is 0.276 e. The lowest BCUT2D eigenvalue weighted by Crippen LogP contribution is -2.41. The second-order valence-corrected chi connectivity index (χ2v) is 6.95. The molecule has 27 heavy (non-hydrogen) atoms. The SMILES string of the molecule is O=C(CN1CCOCC1)Nc1ccc(NC(=O)c2cc(C3CC3)[nH]n2)cc1. The maximum Gasteiger partial charge on any atom is 0.276 e. The molecule has 0 unspecified atom stereocenters. The third kappa shape index (κ3) is 4.72. The summed E-state index contributed by atoms with van der Waals surface area (Å²) in [5, 5.41) is 12.7. The lowest BCUT2D eigenvalue weighted by Gasteiger charge is -2.25. The second-order valence-electron chi connectivity index (χ2n) is 6.95. The molecule has 8 nitrogen and oxygen atoms in total. The van der Waals surface area contributed by atoms with Crippen molar-refractivity contribution in [3.63, 3.8) is 0 Å². The summed E-state index contributed by atoms with van der Waals surface area (Å²) >= 11 is 0. The van der Waals surface area contributed by atoms with E-state index in [0.29, 0.717) is 42.7 Å². The van der Waals surface area contributed by atoms with Gasteiger partial charge in [0.2, 0.25) is 5.91 Å². The van der Waals surface area contributed by atoms with Crippen LogP contribution < -0.4 is 10.6 Å². The minimum Gasteiger partial charge on any atom is -0.379 e. The molecule has 1 aliphatic heterocycles. The van der Waals surface area contributed by atoms with E-state index < -0.39 is 0 Å². The predicted octanol–water partition coefficient (Wildman–Crippen LogP) is 1.81. The molecule has 0 atom stereocenters. The number of nitrogens with one attached hydrogen (secondary N) is 3. The fraction of sp³-hybridized carbons (Fsp3) is 0.421. The van der Waals surface area contributed by atoms with Crippen molar-refractivity contribution in [2.75, 3.05) is 43.5 Å². The predicted molar refractivity (Wildman–Crippen MR) is 101 cm³/mol. The van der Waals surface area contributed by atoms with Gasteiger partial charge in [0, 0.05) is 36.1 Å². The minimum absolute atomic E-state index is 0.0576. The van der Waals surface area contributed by atoms with Crippen LogP contribution in [0.25, 0.3) is 0 Å².